The highest BCUT2D eigenvalue weighted by Gasteiger charge is 2.25. The molecule has 0 aliphatic heterocycles. The Labute approximate surface area is 110 Å². The van der Waals surface area contributed by atoms with Crippen LogP contribution < -0.4 is 0 Å². The van der Waals surface area contributed by atoms with Gasteiger partial charge in [0.25, 0.3) is 0 Å². The van der Waals surface area contributed by atoms with Gasteiger partial charge in [-0.15, -0.1) is 0 Å². The Balaban J connectivity index is 2.32. The highest BCUT2D eigenvalue weighted by molar-refractivity contribution is 7.92. The Morgan fingerprint density at radius 3 is 2.29 bits per heavy atom. The van der Waals surface area contributed by atoms with Crippen molar-refractivity contribution in [2.24, 2.45) is 0 Å². The fraction of sp³-hybridized carbons (Fsp3) is 0.167. The van der Waals surface area contributed by atoms with E-state index in [-0.39, 0.29) is 4.90 Å². The van der Waals surface area contributed by atoms with Gasteiger partial charge in [-0.1, -0.05) is 35.4 Å². The number of rotatable bonds is 2. The van der Waals surface area contributed by atoms with Crippen molar-refractivity contribution in [2.45, 2.75) is 16.6 Å². The van der Waals surface area contributed by atoms with Crippen molar-refractivity contribution in [3.63, 3.8) is 0 Å². The first-order chi connectivity index (χ1) is 8.00. The maximum Gasteiger partial charge on any atom is 0.185 e. The summed E-state index contributed by atoms with van der Waals surface area (Å²) in [7, 11) is -3.35. The van der Waals surface area contributed by atoms with E-state index in [4.69, 9.17) is 23.2 Å². The van der Waals surface area contributed by atoms with Gasteiger partial charge in [0.1, 0.15) is 0 Å². The molecule has 0 saturated carbocycles. The molecule has 2 nitrogen and oxygen atoms in total. The molecule has 0 bridgehead atoms. The highest BCUT2D eigenvalue weighted by atomic mass is 35.5. The average molecular weight is 289 g/mol. The van der Waals surface area contributed by atoms with E-state index >= 15 is 0 Å². The molecule has 0 fully saturated rings. The van der Waals surface area contributed by atoms with Crippen molar-refractivity contribution in [1.29, 1.82) is 0 Å². The average Bonchev–Trinajstić information content (AvgIpc) is 2.30. The predicted octanol–water partition coefficient (Wildman–Crippen LogP) is 3.56. The Kier molecular flexibility index (Phi) is 3.61. The van der Waals surface area contributed by atoms with Crippen LogP contribution in [0, 0.1) is 0 Å². The molecule has 0 heterocycles. The molecule has 0 radical (unpaired) electrons. The van der Waals surface area contributed by atoms with Crippen LogP contribution in [0.1, 0.15) is 6.42 Å². The van der Waals surface area contributed by atoms with Gasteiger partial charge in [-0.25, -0.2) is 8.42 Å². The summed E-state index contributed by atoms with van der Waals surface area (Å²) in [6.07, 6.45) is 5.34. The zero-order valence-electron chi connectivity index (χ0n) is 8.81. The largest absolute Gasteiger partial charge is 0.223 e. The minimum absolute atomic E-state index is 0.281. The lowest BCUT2D eigenvalue weighted by Gasteiger charge is -2.15. The van der Waals surface area contributed by atoms with E-state index < -0.39 is 15.1 Å². The highest BCUT2D eigenvalue weighted by Crippen LogP contribution is 2.25. The van der Waals surface area contributed by atoms with Gasteiger partial charge in [0.15, 0.2) is 9.84 Å². The summed E-state index contributed by atoms with van der Waals surface area (Å²) in [5.41, 5.74) is 0. The van der Waals surface area contributed by atoms with Crippen molar-refractivity contribution in [2.75, 3.05) is 0 Å². The first-order valence-corrected chi connectivity index (χ1v) is 7.34. The number of allylic oxidation sites excluding steroid dienone is 3. The van der Waals surface area contributed by atoms with E-state index in [1.54, 1.807) is 30.4 Å². The van der Waals surface area contributed by atoms with Crippen molar-refractivity contribution in [1.82, 2.24) is 0 Å². The smallest absolute Gasteiger partial charge is 0.185 e. The first kappa shape index (κ1) is 12.7. The Morgan fingerprint density at radius 2 is 1.76 bits per heavy atom. The van der Waals surface area contributed by atoms with Crippen molar-refractivity contribution in [3.05, 3.63) is 52.5 Å². The number of hydrogen-bond acceptors (Lipinski definition) is 2. The molecule has 0 spiro atoms. The fourth-order valence-electron chi connectivity index (χ4n) is 1.60. The molecule has 5 heteroatoms. The molecule has 1 aromatic rings. The van der Waals surface area contributed by atoms with Gasteiger partial charge in [0.2, 0.25) is 0 Å². The number of hydrogen-bond donors (Lipinski definition) is 0. The Morgan fingerprint density at radius 1 is 1.12 bits per heavy atom. The summed E-state index contributed by atoms with van der Waals surface area (Å²) in [4.78, 5) is 0.281. The van der Waals surface area contributed by atoms with Crippen LogP contribution in [-0.4, -0.2) is 13.7 Å². The zero-order valence-corrected chi connectivity index (χ0v) is 11.1. The molecule has 1 atom stereocenters. The summed E-state index contributed by atoms with van der Waals surface area (Å²) in [6, 6.07) is 6.18. The molecule has 0 saturated heterocycles. The maximum absolute atomic E-state index is 12.2. The molecule has 2 rings (SSSR count). The molecule has 90 valence electrons. The SMILES string of the molecule is O=S(=O)(c1ccc(Cl)cc1)C1C=CC(Cl)=CC1. The van der Waals surface area contributed by atoms with Crippen molar-refractivity contribution >= 4 is 33.0 Å². The summed E-state index contributed by atoms with van der Waals surface area (Å²) < 4.78 is 24.5. The standard InChI is InChI=1S/C12H10Cl2O2S/c13-9-1-5-11(6-2-9)17(15,16)12-7-3-10(14)4-8-12/h1-7,12H,8H2. The van der Waals surface area contributed by atoms with E-state index in [0.29, 0.717) is 16.5 Å². The normalized spacial score (nSPS) is 20.1. The molecule has 1 aliphatic carbocycles. The molecule has 1 unspecified atom stereocenters. The quantitative estimate of drug-likeness (QED) is 0.834. The lowest BCUT2D eigenvalue weighted by Crippen LogP contribution is -2.20. The maximum atomic E-state index is 12.2. The zero-order chi connectivity index (χ0) is 12.5. The molecular weight excluding hydrogens is 279 g/mol. The number of benzene rings is 1. The third kappa shape index (κ3) is 2.73. The predicted molar refractivity (Wildman–Crippen MR) is 70.1 cm³/mol. The molecule has 0 amide bonds. The van der Waals surface area contributed by atoms with E-state index in [0.717, 1.165) is 0 Å². The Bertz CT molecular complexity index is 571. The summed E-state index contributed by atoms with van der Waals surface area (Å²) in [5, 5.41) is 0.546. The third-order valence-corrected chi connectivity index (χ3v) is 5.16. The van der Waals surface area contributed by atoms with Gasteiger partial charge >= 0.3 is 0 Å². The lowest BCUT2D eigenvalue weighted by molar-refractivity contribution is 0.588. The summed E-state index contributed by atoms with van der Waals surface area (Å²) >= 11 is 11.5. The molecule has 0 N–H and O–H groups in total. The number of halogens is 2. The topological polar surface area (TPSA) is 34.1 Å². The van der Waals surface area contributed by atoms with Crippen LogP contribution in [0.4, 0.5) is 0 Å². The van der Waals surface area contributed by atoms with Crippen LogP contribution >= 0.6 is 23.2 Å². The van der Waals surface area contributed by atoms with Gasteiger partial charge in [0.05, 0.1) is 10.1 Å². The van der Waals surface area contributed by atoms with Gasteiger partial charge in [-0.3, -0.25) is 0 Å². The molecule has 1 aliphatic rings. The minimum Gasteiger partial charge on any atom is -0.223 e. The van der Waals surface area contributed by atoms with Crippen molar-refractivity contribution < 1.29 is 8.42 Å². The molecule has 0 aromatic heterocycles. The second-order valence-corrected chi connectivity index (χ2v) is 6.76. The lowest BCUT2D eigenvalue weighted by atomic mass is 10.2. The van der Waals surface area contributed by atoms with Crippen LogP contribution in [0.25, 0.3) is 0 Å². The van der Waals surface area contributed by atoms with Crippen molar-refractivity contribution in [3.8, 4) is 0 Å². The Hall–Kier alpha value is -0.770. The number of sulfone groups is 1. The van der Waals surface area contributed by atoms with Crippen LogP contribution in [0.3, 0.4) is 0 Å². The fourth-order valence-corrected chi connectivity index (χ4v) is 3.39. The van der Waals surface area contributed by atoms with E-state index in [1.807, 2.05) is 0 Å². The molecule has 1 aromatic carbocycles. The van der Waals surface area contributed by atoms with Crippen LogP contribution in [0.2, 0.25) is 5.02 Å². The monoisotopic (exact) mass is 288 g/mol. The molecule has 17 heavy (non-hydrogen) atoms. The van der Waals surface area contributed by atoms with Crippen LogP contribution in [0.15, 0.2) is 52.4 Å². The van der Waals surface area contributed by atoms with Gasteiger partial charge in [-0.2, -0.15) is 0 Å². The van der Waals surface area contributed by atoms with E-state index in [1.165, 1.54) is 12.1 Å². The summed E-state index contributed by atoms with van der Waals surface area (Å²) in [5.74, 6) is 0. The first-order valence-electron chi connectivity index (χ1n) is 5.03. The summed E-state index contributed by atoms with van der Waals surface area (Å²) in [6.45, 7) is 0. The van der Waals surface area contributed by atoms with Gasteiger partial charge in [0, 0.05) is 10.1 Å². The van der Waals surface area contributed by atoms with Gasteiger partial charge < -0.3 is 0 Å². The second kappa shape index (κ2) is 4.84. The third-order valence-electron chi connectivity index (χ3n) is 2.56. The van der Waals surface area contributed by atoms with Crippen LogP contribution in [0.5, 0.6) is 0 Å². The van der Waals surface area contributed by atoms with Crippen LogP contribution in [-0.2, 0) is 9.84 Å². The minimum atomic E-state index is -3.35. The van der Waals surface area contributed by atoms with Gasteiger partial charge in [-0.05, 0) is 36.8 Å². The second-order valence-electron chi connectivity index (χ2n) is 3.72. The molecular formula is C12H10Cl2O2S. The van der Waals surface area contributed by atoms with E-state index in [9.17, 15) is 8.42 Å². The van der Waals surface area contributed by atoms with E-state index in [2.05, 4.69) is 0 Å².